The highest BCUT2D eigenvalue weighted by atomic mass is 32.2. The van der Waals surface area contributed by atoms with Gasteiger partial charge in [-0.15, -0.1) is 0 Å². The maximum Gasteiger partial charge on any atom is 0.255 e. The molecule has 0 bridgehead atoms. The molecular weight excluding hydrogens is 442 g/mol. The number of nitrogens with zero attached hydrogens (tertiary/aromatic N) is 2. The normalized spacial score (nSPS) is 14.1. The smallest absolute Gasteiger partial charge is 0.255 e. The van der Waals surface area contributed by atoms with E-state index in [1.807, 2.05) is 13.0 Å². The van der Waals surface area contributed by atoms with Crippen LogP contribution in [-0.4, -0.2) is 55.7 Å². The van der Waals surface area contributed by atoms with E-state index < -0.39 is 10.0 Å². The summed E-state index contributed by atoms with van der Waals surface area (Å²) in [7, 11) is -3.69. The maximum atomic E-state index is 13.0. The summed E-state index contributed by atoms with van der Waals surface area (Å²) in [4.78, 5) is 26.8. The molecule has 1 aliphatic rings. The van der Waals surface area contributed by atoms with Crippen molar-refractivity contribution in [2.75, 3.05) is 31.6 Å². The minimum Gasteiger partial charge on any atom is -0.492 e. The molecule has 2 amide bonds. The molecule has 33 heavy (non-hydrogen) atoms. The zero-order chi connectivity index (χ0) is 24.0. The van der Waals surface area contributed by atoms with Crippen LogP contribution in [0.4, 0.5) is 5.69 Å². The summed E-state index contributed by atoms with van der Waals surface area (Å²) in [5.74, 6) is 0.128. The first-order valence-corrected chi connectivity index (χ1v) is 12.7. The topological polar surface area (TPSA) is 96.0 Å². The molecule has 8 nitrogen and oxygen atoms in total. The van der Waals surface area contributed by atoms with Gasteiger partial charge in [0.25, 0.3) is 5.91 Å². The van der Waals surface area contributed by atoms with Gasteiger partial charge in [-0.25, -0.2) is 8.42 Å². The zero-order valence-corrected chi connectivity index (χ0v) is 20.2. The van der Waals surface area contributed by atoms with Gasteiger partial charge in [0.15, 0.2) is 0 Å². The Labute approximate surface area is 195 Å². The highest BCUT2D eigenvalue weighted by Gasteiger charge is 2.24. The third-order valence-electron chi connectivity index (χ3n) is 5.58. The Hall–Kier alpha value is -2.91. The first-order chi connectivity index (χ1) is 15.8. The van der Waals surface area contributed by atoms with E-state index in [9.17, 15) is 18.0 Å². The van der Waals surface area contributed by atoms with Crippen molar-refractivity contribution >= 4 is 27.5 Å². The van der Waals surface area contributed by atoms with E-state index in [4.69, 9.17) is 4.74 Å². The van der Waals surface area contributed by atoms with Gasteiger partial charge in [-0.1, -0.05) is 26.0 Å². The number of carbonyl (C=O) groups excluding carboxylic acids is 2. The van der Waals surface area contributed by atoms with E-state index in [-0.39, 0.29) is 22.4 Å². The van der Waals surface area contributed by atoms with Crippen molar-refractivity contribution in [2.45, 2.75) is 45.1 Å². The Morgan fingerprint density at radius 1 is 1.12 bits per heavy atom. The molecule has 0 unspecified atom stereocenters. The minimum atomic E-state index is -3.69. The van der Waals surface area contributed by atoms with E-state index in [2.05, 4.69) is 5.32 Å². The SMILES string of the molecule is CCOc1ccc(S(=O)(=O)N(CC)CC)cc1NC(=O)c1cccc(CN2CCCC2=O)c1. The molecule has 0 spiro atoms. The van der Waals surface area contributed by atoms with Crippen LogP contribution in [0.2, 0.25) is 0 Å². The Bertz CT molecular complexity index is 1110. The molecular formula is C24H31N3O5S. The van der Waals surface area contributed by atoms with E-state index in [1.54, 1.807) is 43.0 Å². The number of rotatable bonds is 10. The van der Waals surface area contributed by atoms with Crippen LogP contribution in [0.5, 0.6) is 5.75 Å². The highest BCUT2D eigenvalue weighted by molar-refractivity contribution is 7.89. The molecule has 1 saturated heterocycles. The van der Waals surface area contributed by atoms with Gasteiger partial charge in [0.05, 0.1) is 17.2 Å². The van der Waals surface area contributed by atoms with Crippen LogP contribution in [0.1, 0.15) is 49.5 Å². The van der Waals surface area contributed by atoms with E-state index >= 15 is 0 Å². The summed E-state index contributed by atoms with van der Waals surface area (Å²) >= 11 is 0. The third-order valence-corrected chi connectivity index (χ3v) is 7.62. The summed E-state index contributed by atoms with van der Waals surface area (Å²) < 4.78 is 32.9. The van der Waals surface area contributed by atoms with E-state index in [0.29, 0.717) is 44.0 Å². The van der Waals surface area contributed by atoms with E-state index in [1.165, 1.54) is 16.4 Å². The average molecular weight is 474 g/mol. The highest BCUT2D eigenvalue weighted by Crippen LogP contribution is 2.30. The lowest BCUT2D eigenvalue weighted by molar-refractivity contribution is -0.128. The second-order valence-electron chi connectivity index (χ2n) is 7.75. The number of sulfonamides is 1. The maximum absolute atomic E-state index is 13.0. The Kier molecular flexibility index (Phi) is 8.10. The first-order valence-electron chi connectivity index (χ1n) is 11.2. The fraction of sp³-hybridized carbons (Fsp3) is 0.417. The molecule has 0 atom stereocenters. The van der Waals surface area contributed by atoms with Gasteiger partial charge in [0.1, 0.15) is 5.75 Å². The summed E-state index contributed by atoms with van der Waals surface area (Å²) in [5.41, 5.74) is 1.56. The number of amides is 2. The molecule has 2 aromatic rings. The molecule has 1 fully saturated rings. The molecule has 9 heteroatoms. The fourth-order valence-electron chi connectivity index (χ4n) is 3.86. The lowest BCUT2D eigenvalue weighted by Crippen LogP contribution is -2.30. The van der Waals surface area contributed by atoms with Gasteiger partial charge >= 0.3 is 0 Å². The van der Waals surface area contributed by atoms with Crippen molar-refractivity contribution in [2.24, 2.45) is 0 Å². The van der Waals surface area contributed by atoms with Crippen molar-refractivity contribution in [3.8, 4) is 5.75 Å². The van der Waals surface area contributed by atoms with Crippen molar-refractivity contribution in [1.29, 1.82) is 0 Å². The van der Waals surface area contributed by atoms with Crippen LogP contribution in [0.25, 0.3) is 0 Å². The molecule has 0 aliphatic carbocycles. The minimum absolute atomic E-state index is 0.0891. The lowest BCUT2D eigenvalue weighted by atomic mass is 10.1. The molecule has 0 saturated carbocycles. The summed E-state index contributed by atoms with van der Waals surface area (Å²) in [6.07, 6.45) is 1.42. The van der Waals surface area contributed by atoms with Crippen LogP contribution in [0.15, 0.2) is 47.4 Å². The Morgan fingerprint density at radius 2 is 1.88 bits per heavy atom. The molecule has 1 heterocycles. The molecule has 2 aromatic carbocycles. The number of carbonyl (C=O) groups is 2. The van der Waals surface area contributed by atoms with Crippen molar-refractivity contribution in [3.63, 3.8) is 0 Å². The number of nitrogens with one attached hydrogen (secondary N) is 1. The predicted octanol–water partition coefficient (Wildman–Crippen LogP) is 3.49. The van der Waals surface area contributed by atoms with E-state index in [0.717, 1.165) is 18.5 Å². The molecule has 0 aromatic heterocycles. The predicted molar refractivity (Wildman–Crippen MR) is 127 cm³/mol. The largest absolute Gasteiger partial charge is 0.492 e. The molecule has 3 rings (SSSR count). The van der Waals surface area contributed by atoms with Crippen molar-refractivity contribution in [1.82, 2.24) is 9.21 Å². The number of anilines is 1. The quantitative estimate of drug-likeness (QED) is 0.570. The number of hydrogen-bond donors (Lipinski definition) is 1. The second kappa shape index (κ2) is 10.8. The van der Waals surface area contributed by atoms with Gasteiger partial charge in [-0.2, -0.15) is 4.31 Å². The first kappa shape index (κ1) is 24.7. The molecule has 1 N–H and O–H groups in total. The Morgan fingerprint density at radius 3 is 2.52 bits per heavy atom. The molecule has 0 radical (unpaired) electrons. The molecule has 178 valence electrons. The van der Waals surface area contributed by atoms with Gasteiger partial charge < -0.3 is 15.0 Å². The fourth-order valence-corrected chi connectivity index (χ4v) is 5.34. The van der Waals surface area contributed by atoms with Gasteiger partial charge in [0, 0.05) is 38.2 Å². The monoisotopic (exact) mass is 473 g/mol. The van der Waals surface area contributed by atoms with Crippen molar-refractivity contribution < 1.29 is 22.7 Å². The number of ether oxygens (including phenoxy) is 1. The van der Waals surface area contributed by atoms with Crippen molar-refractivity contribution in [3.05, 3.63) is 53.6 Å². The third kappa shape index (κ3) is 5.72. The average Bonchev–Trinajstić information content (AvgIpc) is 3.20. The van der Waals surface area contributed by atoms with Gasteiger partial charge in [0.2, 0.25) is 15.9 Å². The van der Waals surface area contributed by atoms with Gasteiger partial charge in [-0.05, 0) is 49.2 Å². The van der Waals surface area contributed by atoms with Crippen LogP contribution < -0.4 is 10.1 Å². The van der Waals surface area contributed by atoms with Crippen LogP contribution >= 0.6 is 0 Å². The summed E-state index contributed by atoms with van der Waals surface area (Å²) in [6.45, 7) is 7.62. The van der Waals surface area contributed by atoms with Crippen LogP contribution in [-0.2, 0) is 21.4 Å². The number of likely N-dealkylation sites (tertiary alicyclic amines) is 1. The zero-order valence-electron chi connectivity index (χ0n) is 19.3. The van der Waals surface area contributed by atoms with Crippen LogP contribution in [0.3, 0.4) is 0 Å². The summed E-state index contributed by atoms with van der Waals surface area (Å²) in [5, 5.41) is 2.80. The number of hydrogen-bond acceptors (Lipinski definition) is 5. The second-order valence-corrected chi connectivity index (χ2v) is 9.69. The Balaban J connectivity index is 1.86. The lowest BCUT2D eigenvalue weighted by Gasteiger charge is -2.20. The number of benzene rings is 2. The van der Waals surface area contributed by atoms with Crippen LogP contribution in [0, 0.1) is 0 Å². The summed E-state index contributed by atoms with van der Waals surface area (Å²) in [6, 6.07) is 11.6. The molecule has 1 aliphatic heterocycles. The standard InChI is InChI=1S/C24H31N3O5S/c1-4-27(5-2)33(30,31)20-12-13-22(32-6-3)21(16-20)25-24(29)19-10-7-9-18(15-19)17-26-14-8-11-23(26)28/h7,9-10,12-13,15-16H,4-6,8,11,14,17H2,1-3H3,(H,25,29). The van der Waals surface area contributed by atoms with Gasteiger partial charge in [-0.3, -0.25) is 9.59 Å².